The van der Waals surface area contributed by atoms with Crippen LogP contribution in [-0.2, 0) is 4.74 Å². The van der Waals surface area contributed by atoms with Gasteiger partial charge in [-0.2, -0.15) is 0 Å². The summed E-state index contributed by atoms with van der Waals surface area (Å²) in [6, 6.07) is 0. The quantitative estimate of drug-likeness (QED) is 0.667. The van der Waals surface area contributed by atoms with Gasteiger partial charge in [0.05, 0.1) is 6.61 Å². The van der Waals surface area contributed by atoms with E-state index in [1.807, 2.05) is 13.8 Å². The van der Waals surface area contributed by atoms with E-state index < -0.39 is 0 Å². The normalized spacial score (nSPS) is 18.7. The van der Waals surface area contributed by atoms with Crippen molar-refractivity contribution in [3.8, 4) is 0 Å². The van der Waals surface area contributed by atoms with Crippen molar-refractivity contribution in [2.45, 2.75) is 13.8 Å². The van der Waals surface area contributed by atoms with Crippen molar-refractivity contribution in [2.75, 3.05) is 39.8 Å². The minimum absolute atomic E-state index is 0.160. The number of carbonyl (C=O) groups excluding carboxylic acids is 1. The van der Waals surface area contributed by atoms with Crippen LogP contribution in [0.5, 0.6) is 0 Å². The maximum Gasteiger partial charge on any atom is 0.409 e. The van der Waals surface area contributed by atoms with Crippen molar-refractivity contribution in [2.24, 2.45) is 5.92 Å². The third kappa shape index (κ3) is 3.54. The molecule has 14 heavy (non-hydrogen) atoms. The molecule has 1 saturated heterocycles. The van der Waals surface area contributed by atoms with E-state index in [2.05, 4.69) is 11.9 Å². The van der Waals surface area contributed by atoms with Gasteiger partial charge < -0.3 is 14.5 Å². The van der Waals surface area contributed by atoms with Crippen molar-refractivity contribution in [3.05, 3.63) is 0 Å². The molecule has 0 N–H and O–H groups in total. The van der Waals surface area contributed by atoms with Crippen molar-refractivity contribution in [1.29, 1.82) is 0 Å². The van der Waals surface area contributed by atoms with Gasteiger partial charge in [0.2, 0.25) is 0 Å². The van der Waals surface area contributed by atoms with Crippen LogP contribution in [0.2, 0.25) is 0 Å². The van der Waals surface area contributed by atoms with Crippen LogP contribution in [0.3, 0.4) is 0 Å². The van der Waals surface area contributed by atoms with E-state index in [0.29, 0.717) is 12.5 Å². The van der Waals surface area contributed by atoms with E-state index in [1.165, 1.54) is 0 Å². The van der Waals surface area contributed by atoms with Gasteiger partial charge in [0.25, 0.3) is 0 Å². The Morgan fingerprint density at radius 3 is 2.36 bits per heavy atom. The molecule has 0 saturated carbocycles. The Kier molecular flexibility index (Phi) is 4.20. The van der Waals surface area contributed by atoms with Gasteiger partial charge in [-0.3, -0.25) is 0 Å². The molecule has 0 atom stereocenters. The van der Waals surface area contributed by atoms with Gasteiger partial charge >= 0.3 is 6.09 Å². The first kappa shape index (κ1) is 11.3. The predicted octanol–water partition coefficient (Wildman–Crippen LogP) is 1.03. The van der Waals surface area contributed by atoms with Crippen LogP contribution in [0.1, 0.15) is 13.8 Å². The van der Waals surface area contributed by atoms with Gasteiger partial charge in [0.15, 0.2) is 0 Å². The fraction of sp³-hybridized carbons (Fsp3) is 0.900. The number of rotatable bonds is 2. The summed E-state index contributed by atoms with van der Waals surface area (Å²) in [7, 11) is 2.07. The summed E-state index contributed by atoms with van der Waals surface area (Å²) in [6.45, 7) is 8.05. The first-order valence-electron chi connectivity index (χ1n) is 5.20. The third-order valence-electron chi connectivity index (χ3n) is 2.30. The van der Waals surface area contributed by atoms with E-state index >= 15 is 0 Å². The average molecular weight is 200 g/mol. The molecule has 82 valence electrons. The fourth-order valence-corrected chi connectivity index (χ4v) is 1.32. The molecule has 1 rings (SSSR count). The SMILES string of the molecule is CC(C)COC(=O)N1CCN(C)CC1. The number of amides is 1. The molecule has 0 radical (unpaired) electrons. The predicted molar refractivity (Wildman–Crippen MR) is 55.3 cm³/mol. The van der Waals surface area contributed by atoms with E-state index in [1.54, 1.807) is 4.90 Å². The van der Waals surface area contributed by atoms with Crippen LogP contribution in [-0.4, -0.2) is 55.7 Å². The minimum atomic E-state index is -0.160. The van der Waals surface area contributed by atoms with Crippen LogP contribution in [0.25, 0.3) is 0 Å². The molecule has 1 aliphatic heterocycles. The largest absolute Gasteiger partial charge is 0.449 e. The van der Waals surface area contributed by atoms with Gasteiger partial charge in [-0.05, 0) is 13.0 Å². The van der Waals surface area contributed by atoms with Gasteiger partial charge in [-0.15, -0.1) is 0 Å². The number of piperazine rings is 1. The van der Waals surface area contributed by atoms with Gasteiger partial charge in [0, 0.05) is 26.2 Å². The Hall–Kier alpha value is -0.770. The Morgan fingerprint density at radius 1 is 1.29 bits per heavy atom. The first-order chi connectivity index (χ1) is 6.59. The summed E-state index contributed by atoms with van der Waals surface area (Å²) < 4.78 is 5.15. The lowest BCUT2D eigenvalue weighted by Crippen LogP contribution is -2.47. The zero-order valence-electron chi connectivity index (χ0n) is 9.32. The molecule has 4 nitrogen and oxygen atoms in total. The highest BCUT2D eigenvalue weighted by Crippen LogP contribution is 2.03. The summed E-state index contributed by atoms with van der Waals surface area (Å²) in [4.78, 5) is 15.5. The second-order valence-corrected chi connectivity index (χ2v) is 4.26. The highest BCUT2D eigenvalue weighted by atomic mass is 16.6. The summed E-state index contributed by atoms with van der Waals surface area (Å²) in [6.07, 6.45) is -0.160. The molecule has 1 amide bonds. The molecule has 1 heterocycles. The Bertz CT molecular complexity index is 187. The van der Waals surface area contributed by atoms with E-state index in [0.717, 1.165) is 26.2 Å². The Balaban J connectivity index is 2.24. The van der Waals surface area contributed by atoms with Crippen molar-refractivity contribution in [1.82, 2.24) is 9.80 Å². The van der Waals surface area contributed by atoms with Crippen molar-refractivity contribution >= 4 is 6.09 Å². The van der Waals surface area contributed by atoms with Crippen molar-refractivity contribution < 1.29 is 9.53 Å². The topological polar surface area (TPSA) is 32.8 Å². The third-order valence-corrected chi connectivity index (χ3v) is 2.30. The van der Waals surface area contributed by atoms with Crippen LogP contribution in [0.4, 0.5) is 4.79 Å². The first-order valence-corrected chi connectivity index (χ1v) is 5.20. The van der Waals surface area contributed by atoms with E-state index in [-0.39, 0.29) is 6.09 Å². The number of ether oxygens (including phenoxy) is 1. The lowest BCUT2D eigenvalue weighted by Gasteiger charge is -2.31. The molecule has 0 unspecified atom stereocenters. The highest BCUT2D eigenvalue weighted by Gasteiger charge is 2.19. The van der Waals surface area contributed by atoms with E-state index in [4.69, 9.17) is 4.74 Å². The number of likely N-dealkylation sites (N-methyl/N-ethyl adjacent to an activating group) is 1. The molecule has 0 spiro atoms. The zero-order valence-corrected chi connectivity index (χ0v) is 9.32. The van der Waals surface area contributed by atoms with Crippen LogP contribution in [0.15, 0.2) is 0 Å². The summed E-state index contributed by atoms with van der Waals surface area (Å²) >= 11 is 0. The van der Waals surface area contributed by atoms with Crippen LogP contribution in [0, 0.1) is 5.92 Å². The van der Waals surface area contributed by atoms with Crippen molar-refractivity contribution in [3.63, 3.8) is 0 Å². The number of carbonyl (C=O) groups is 1. The fourth-order valence-electron chi connectivity index (χ4n) is 1.32. The number of hydrogen-bond acceptors (Lipinski definition) is 3. The molecule has 0 aliphatic carbocycles. The zero-order chi connectivity index (χ0) is 10.6. The van der Waals surface area contributed by atoms with Gasteiger partial charge in [0.1, 0.15) is 0 Å². The molecule has 1 fully saturated rings. The highest BCUT2D eigenvalue weighted by molar-refractivity contribution is 5.67. The molecule has 0 aromatic carbocycles. The maximum absolute atomic E-state index is 11.5. The van der Waals surface area contributed by atoms with E-state index in [9.17, 15) is 4.79 Å². The lowest BCUT2D eigenvalue weighted by atomic mass is 10.2. The van der Waals surface area contributed by atoms with Crippen LogP contribution >= 0.6 is 0 Å². The smallest absolute Gasteiger partial charge is 0.409 e. The average Bonchev–Trinajstić information content (AvgIpc) is 2.15. The molecule has 4 heteroatoms. The molecular formula is C10H20N2O2. The van der Waals surface area contributed by atoms with Gasteiger partial charge in [-0.25, -0.2) is 4.79 Å². The number of nitrogens with zero attached hydrogens (tertiary/aromatic N) is 2. The summed E-state index contributed by atoms with van der Waals surface area (Å²) in [5.74, 6) is 0.409. The molecule has 0 aromatic rings. The summed E-state index contributed by atoms with van der Waals surface area (Å²) in [5.41, 5.74) is 0. The molecule has 1 aliphatic rings. The summed E-state index contributed by atoms with van der Waals surface area (Å²) in [5, 5.41) is 0. The second-order valence-electron chi connectivity index (χ2n) is 4.26. The maximum atomic E-state index is 11.5. The molecule has 0 aromatic heterocycles. The van der Waals surface area contributed by atoms with Gasteiger partial charge in [-0.1, -0.05) is 13.8 Å². The monoisotopic (exact) mass is 200 g/mol. The molecule has 0 bridgehead atoms. The Labute approximate surface area is 85.8 Å². The molecular weight excluding hydrogens is 180 g/mol. The minimum Gasteiger partial charge on any atom is -0.449 e. The standard InChI is InChI=1S/C10H20N2O2/c1-9(2)8-14-10(13)12-6-4-11(3)5-7-12/h9H,4-8H2,1-3H3. The lowest BCUT2D eigenvalue weighted by molar-refractivity contribution is 0.0740. The Morgan fingerprint density at radius 2 is 1.86 bits per heavy atom. The van der Waals surface area contributed by atoms with Crippen LogP contribution < -0.4 is 0 Å². The second kappa shape index (κ2) is 5.20. The number of hydrogen-bond donors (Lipinski definition) is 0.